The van der Waals surface area contributed by atoms with Gasteiger partial charge in [-0.25, -0.2) is 4.39 Å². The van der Waals surface area contributed by atoms with Crippen LogP contribution in [0.25, 0.3) is 10.9 Å². The zero-order chi connectivity index (χ0) is 20.4. The molecule has 0 atom stereocenters. The summed E-state index contributed by atoms with van der Waals surface area (Å²) in [5, 5.41) is 4.15. The number of aromatic nitrogens is 1. The predicted octanol–water partition coefficient (Wildman–Crippen LogP) is 3.08. The molecule has 1 amide bonds. The first kappa shape index (κ1) is 19.4. The molecule has 0 spiro atoms. The highest BCUT2D eigenvalue weighted by Gasteiger charge is 2.21. The van der Waals surface area contributed by atoms with Crippen LogP contribution in [-0.2, 0) is 4.79 Å². The van der Waals surface area contributed by atoms with Crippen LogP contribution >= 0.6 is 11.6 Å². The number of hydrogen-bond acceptors (Lipinski definition) is 4. The van der Waals surface area contributed by atoms with Crippen LogP contribution in [-0.4, -0.2) is 48.5 Å². The first-order valence-corrected chi connectivity index (χ1v) is 9.71. The van der Waals surface area contributed by atoms with E-state index in [0.717, 1.165) is 0 Å². The van der Waals surface area contributed by atoms with Crippen LogP contribution in [0.2, 0.25) is 5.02 Å². The smallest absolute Gasteiger partial charge is 0.250 e. The van der Waals surface area contributed by atoms with Crippen molar-refractivity contribution in [2.45, 2.75) is 0 Å². The number of carbonyl (C=O) groups is 1. The average Bonchev–Trinajstić information content (AvgIpc) is 2.70. The van der Waals surface area contributed by atoms with Crippen LogP contribution in [0.5, 0.6) is 0 Å². The third kappa shape index (κ3) is 4.58. The molecule has 1 aliphatic rings. The minimum absolute atomic E-state index is 0.0931. The Morgan fingerprint density at radius 1 is 1.07 bits per heavy atom. The summed E-state index contributed by atoms with van der Waals surface area (Å²) < 4.78 is 13.7. The van der Waals surface area contributed by atoms with Crippen molar-refractivity contribution in [2.24, 2.45) is 0 Å². The topological polar surface area (TPSA) is 68.4 Å². The predicted molar refractivity (Wildman–Crippen MR) is 113 cm³/mol. The van der Waals surface area contributed by atoms with Gasteiger partial charge in [-0.1, -0.05) is 11.6 Å². The number of fused-ring (bicyclic) bond motifs is 1. The summed E-state index contributed by atoms with van der Waals surface area (Å²) in [6, 6.07) is 12.8. The lowest BCUT2D eigenvalue weighted by Gasteiger charge is -2.36. The van der Waals surface area contributed by atoms with Crippen LogP contribution in [0.3, 0.4) is 0 Å². The van der Waals surface area contributed by atoms with Gasteiger partial charge in [-0.3, -0.25) is 14.5 Å². The maximum Gasteiger partial charge on any atom is 0.250 e. The normalized spacial score (nSPS) is 14.9. The summed E-state index contributed by atoms with van der Waals surface area (Å²) in [5.41, 5.74) is 1.81. The number of carbonyl (C=O) groups excluding carboxylic acids is 1. The molecule has 6 nitrogen and oxygen atoms in total. The number of aromatic amines is 1. The first-order chi connectivity index (χ1) is 14.0. The second-order valence-corrected chi connectivity index (χ2v) is 7.46. The Morgan fingerprint density at radius 2 is 1.79 bits per heavy atom. The van der Waals surface area contributed by atoms with Gasteiger partial charge in [-0.2, -0.15) is 0 Å². The van der Waals surface area contributed by atoms with Gasteiger partial charge in [0.15, 0.2) is 0 Å². The average molecular weight is 415 g/mol. The number of amides is 1. The summed E-state index contributed by atoms with van der Waals surface area (Å²) >= 11 is 5.85. The number of anilines is 2. The van der Waals surface area contributed by atoms with E-state index < -0.39 is 0 Å². The second-order valence-electron chi connectivity index (χ2n) is 7.03. The Labute approximate surface area is 171 Å². The highest BCUT2D eigenvalue weighted by molar-refractivity contribution is 6.30. The van der Waals surface area contributed by atoms with E-state index in [1.807, 2.05) is 0 Å². The molecule has 1 fully saturated rings. The van der Waals surface area contributed by atoms with Gasteiger partial charge in [-0.05, 0) is 42.5 Å². The van der Waals surface area contributed by atoms with Crippen molar-refractivity contribution in [2.75, 3.05) is 42.9 Å². The molecule has 0 saturated carbocycles. The number of benzene rings is 2. The molecular weight excluding hydrogens is 395 g/mol. The van der Waals surface area contributed by atoms with E-state index in [4.69, 9.17) is 11.6 Å². The molecule has 0 bridgehead atoms. The first-order valence-electron chi connectivity index (χ1n) is 9.33. The van der Waals surface area contributed by atoms with Crippen molar-refractivity contribution in [3.05, 3.63) is 69.7 Å². The van der Waals surface area contributed by atoms with Gasteiger partial charge in [0, 0.05) is 48.3 Å². The van der Waals surface area contributed by atoms with Crippen molar-refractivity contribution in [3.8, 4) is 0 Å². The number of halogens is 2. The molecule has 1 saturated heterocycles. The Hall–Kier alpha value is -2.90. The van der Waals surface area contributed by atoms with E-state index in [-0.39, 0.29) is 23.8 Å². The Balaban J connectivity index is 1.40. The Kier molecular flexibility index (Phi) is 5.51. The summed E-state index contributed by atoms with van der Waals surface area (Å²) in [6.07, 6.45) is 0. The van der Waals surface area contributed by atoms with Gasteiger partial charge < -0.3 is 15.2 Å². The number of nitrogens with one attached hydrogen (secondary N) is 2. The van der Waals surface area contributed by atoms with E-state index >= 15 is 0 Å². The molecule has 0 radical (unpaired) electrons. The summed E-state index contributed by atoms with van der Waals surface area (Å²) in [7, 11) is 0. The number of pyridine rings is 1. The van der Waals surface area contributed by atoms with Gasteiger partial charge in [0.25, 0.3) is 0 Å². The van der Waals surface area contributed by atoms with Crippen LogP contribution in [0.15, 0.2) is 53.3 Å². The van der Waals surface area contributed by atoms with E-state index in [0.29, 0.717) is 53.5 Å². The molecule has 3 aromatic rings. The van der Waals surface area contributed by atoms with Crippen molar-refractivity contribution in [1.82, 2.24) is 9.88 Å². The van der Waals surface area contributed by atoms with Crippen LogP contribution < -0.4 is 15.8 Å². The third-order valence-electron chi connectivity index (χ3n) is 4.99. The number of rotatable bonds is 4. The van der Waals surface area contributed by atoms with Gasteiger partial charge in [-0.15, -0.1) is 0 Å². The molecular formula is C21H20ClFN4O2. The molecule has 2 aromatic carbocycles. The number of piperazine rings is 1. The van der Waals surface area contributed by atoms with Crippen LogP contribution in [0.1, 0.15) is 0 Å². The minimum atomic E-state index is -0.344. The molecule has 2 heterocycles. The minimum Gasteiger partial charge on any atom is -0.368 e. The van der Waals surface area contributed by atoms with Gasteiger partial charge in [0.1, 0.15) is 5.82 Å². The lowest BCUT2D eigenvalue weighted by atomic mass is 10.1. The van der Waals surface area contributed by atoms with E-state index in [2.05, 4.69) is 20.1 Å². The molecule has 150 valence electrons. The number of H-pyrrole nitrogens is 1. The summed E-state index contributed by atoms with van der Waals surface area (Å²) in [4.78, 5) is 31.1. The quantitative estimate of drug-likeness (QED) is 0.688. The number of nitrogens with zero attached hydrogens (tertiary/aromatic N) is 2. The van der Waals surface area contributed by atoms with Crippen LogP contribution in [0.4, 0.5) is 15.8 Å². The Bertz CT molecular complexity index is 1090. The highest BCUT2D eigenvalue weighted by Crippen LogP contribution is 2.25. The molecule has 2 N–H and O–H groups in total. The maximum atomic E-state index is 13.7. The van der Waals surface area contributed by atoms with Crippen molar-refractivity contribution in [1.29, 1.82) is 0 Å². The largest absolute Gasteiger partial charge is 0.368 e. The Morgan fingerprint density at radius 3 is 2.52 bits per heavy atom. The molecule has 1 aliphatic heterocycles. The molecule has 0 aliphatic carbocycles. The van der Waals surface area contributed by atoms with Crippen molar-refractivity contribution < 1.29 is 9.18 Å². The molecule has 4 rings (SSSR count). The maximum absolute atomic E-state index is 13.7. The standard InChI is InChI=1S/C21H20ClFN4O2/c22-14-1-4-16(5-2-14)24-21(29)13-26-7-9-27(10-8-26)19-12-20(28)25-18-6-3-15(23)11-17(18)19/h1-6,11-12H,7-10,13H2,(H,24,29)(H,25,28). The lowest BCUT2D eigenvalue weighted by Crippen LogP contribution is -2.49. The molecule has 1 aromatic heterocycles. The second kappa shape index (κ2) is 8.23. The molecule has 8 heteroatoms. The zero-order valence-electron chi connectivity index (χ0n) is 15.6. The zero-order valence-corrected chi connectivity index (χ0v) is 16.4. The lowest BCUT2D eigenvalue weighted by molar-refractivity contribution is -0.117. The van der Waals surface area contributed by atoms with Crippen LogP contribution in [0, 0.1) is 5.82 Å². The summed E-state index contributed by atoms with van der Waals surface area (Å²) in [5.74, 6) is -0.437. The van der Waals surface area contributed by atoms with Gasteiger partial charge in [0.05, 0.1) is 17.7 Å². The van der Waals surface area contributed by atoms with Gasteiger partial charge >= 0.3 is 0 Å². The molecule has 29 heavy (non-hydrogen) atoms. The number of hydrogen-bond donors (Lipinski definition) is 2. The van der Waals surface area contributed by atoms with Crippen molar-refractivity contribution in [3.63, 3.8) is 0 Å². The molecule has 0 unspecified atom stereocenters. The van der Waals surface area contributed by atoms with Gasteiger partial charge in [0.2, 0.25) is 11.5 Å². The van der Waals surface area contributed by atoms with Crippen molar-refractivity contribution >= 4 is 39.8 Å². The van der Waals surface area contributed by atoms with E-state index in [1.54, 1.807) is 30.3 Å². The SMILES string of the molecule is O=C(CN1CCN(c2cc(=O)[nH]c3ccc(F)cc23)CC1)Nc1ccc(Cl)cc1. The fourth-order valence-corrected chi connectivity index (χ4v) is 3.68. The monoisotopic (exact) mass is 414 g/mol. The fourth-order valence-electron chi connectivity index (χ4n) is 3.55. The highest BCUT2D eigenvalue weighted by atomic mass is 35.5. The fraction of sp³-hybridized carbons (Fsp3) is 0.238. The summed E-state index contributed by atoms with van der Waals surface area (Å²) in [6.45, 7) is 2.89. The third-order valence-corrected chi connectivity index (χ3v) is 5.24. The van der Waals surface area contributed by atoms with E-state index in [9.17, 15) is 14.0 Å². The van der Waals surface area contributed by atoms with E-state index in [1.165, 1.54) is 18.2 Å².